The second-order valence-corrected chi connectivity index (χ2v) is 3.93. The smallest absolute Gasteiger partial charge is 0.226 e. The Hall–Kier alpha value is -1.84. The van der Waals surface area contributed by atoms with Crippen LogP contribution in [0.1, 0.15) is 22.8 Å². The predicted octanol–water partition coefficient (Wildman–Crippen LogP) is 2.05. The number of aromatic nitrogens is 2. The van der Waals surface area contributed by atoms with Gasteiger partial charge in [0.15, 0.2) is 5.82 Å². The Bertz CT molecular complexity index is 491. The van der Waals surface area contributed by atoms with E-state index in [4.69, 9.17) is 10.3 Å². The molecular weight excluding hydrogens is 202 g/mol. The molecule has 0 bridgehead atoms. The highest BCUT2D eigenvalue weighted by molar-refractivity contribution is 5.48. The van der Waals surface area contributed by atoms with E-state index in [2.05, 4.69) is 16.2 Å². The molecule has 0 aliphatic carbocycles. The van der Waals surface area contributed by atoms with E-state index in [1.54, 1.807) is 0 Å². The molecule has 0 spiro atoms. The Labute approximate surface area is 94.5 Å². The van der Waals surface area contributed by atoms with Gasteiger partial charge in [-0.05, 0) is 37.5 Å². The molecule has 2 N–H and O–H groups in total. The minimum absolute atomic E-state index is 0.677. The maximum absolute atomic E-state index is 5.84. The summed E-state index contributed by atoms with van der Waals surface area (Å²) in [5, 5.41) is 3.75. The van der Waals surface area contributed by atoms with E-state index in [0.717, 1.165) is 24.1 Å². The quantitative estimate of drug-likeness (QED) is 0.799. The zero-order valence-corrected chi connectivity index (χ0v) is 9.53. The van der Waals surface area contributed by atoms with Gasteiger partial charge in [-0.3, -0.25) is 0 Å². The lowest BCUT2D eigenvalue weighted by molar-refractivity contribution is 0.375. The van der Waals surface area contributed by atoms with Gasteiger partial charge in [0, 0.05) is 12.1 Å². The molecule has 0 aliphatic heterocycles. The van der Waals surface area contributed by atoms with Crippen LogP contribution in [-0.2, 0) is 12.8 Å². The first-order chi connectivity index (χ1) is 7.65. The molecule has 84 valence electrons. The average molecular weight is 217 g/mol. The number of hydrogen-bond donors (Lipinski definition) is 1. The first-order valence-electron chi connectivity index (χ1n) is 5.29. The first-order valence-corrected chi connectivity index (χ1v) is 5.29. The third-order valence-corrected chi connectivity index (χ3v) is 2.54. The van der Waals surface area contributed by atoms with E-state index < -0.39 is 0 Å². The topological polar surface area (TPSA) is 64.9 Å². The van der Waals surface area contributed by atoms with Crippen LogP contribution in [-0.4, -0.2) is 10.1 Å². The van der Waals surface area contributed by atoms with Crippen LogP contribution in [0, 0.1) is 13.8 Å². The summed E-state index contributed by atoms with van der Waals surface area (Å²) in [6, 6.07) is 6.11. The van der Waals surface area contributed by atoms with Gasteiger partial charge in [-0.1, -0.05) is 17.3 Å². The number of rotatable bonds is 3. The van der Waals surface area contributed by atoms with Crippen molar-refractivity contribution in [1.82, 2.24) is 10.1 Å². The van der Waals surface area contributed by atoms with Crippen molar-refractivity contribution in [3.8, 4) is 0 Å². The highest BCUT2D eigenvalue weighted by atomic mass is 16.5. The maximum atomic E-state index is 5.84. The molecule has 4 heteroatoms. The van der Waals surface area contributed by atoms with Crippen molar-refractivity contribution in [3.63, 3.8) is 0 Å². The van der Waals surface area contributed by atoms with Gasteiger partial charge in [0.05, 0.1) is 0 Å². The Kier molecular flexibility index (Phi) is 2.90. The fraction of sp³-hybridized carbons (Fsp3) is 0.333. The molecule has 0 saturated heterocycles. The lowest BCUT2D eigenvalue weighted by Crippen LogP contribution is -1.95. The van der Waals surface area contributed by atoms with Gasteiger partial charge < -0.3 is 10.3 Å². The van der Waals surface area contributed by atoms with Crippen LogP contribution in [0.25, 0.3) is 0 Å². The number of nitrogen functional groups attached to an aromatic ring is 1. The zero-order valence-electron chi connectivity index (χ0n) is 9.53. The molecule has 1 aromatic heterocycles. The summed E-state index contributed by atoms with van der Waals surface area (Å²) in [6.07, 6.45) is 1.62. The van der Waals surface area contributed by atoms with Crippen LogP contribution in [0.4, 0.5) is 5.69 Å². The second-order valence-electron chi connectivity index (χ2n) is 3.93. The largest absolute Gasteiger partial charge is 0.399 e. The molecule has 1 heterocycles. The number of nitrogens with zero attached hydrogens (tertiary/aromatic N) is 2. The number of anilines is 1. The Balaban J connectivity index is 2.02. The van der Waals surface area contributed by atoms with Crippen molar-refractivity contribution in [2.75, 3.05) is 5.73 Å². The number of nitrogens with two attached hydrogens (primary N) is 1. The molecule has 1 aromatic carbocycles. The van der Waals surface area contributed by atoms with Crippen molar-refractivity contribution < 1.29 is 4.52 Å². The van der Waals surface area contributed by atoms with Gasteiger partial charge in [0.1, 0.15) is 0 Å². The minimum atomic E-state index is 0.677. The zero-order chi connectivity index (χ0) is 11.5. The number of aryl methyl sites for hydroxylation is 4. The van der Waals surface area contributed by atoms with E-state index >= 15 is 0 Å². The number of hydrogen-bond acceptors (Lipinski definition) is 4. The van der Waals surface area contributed by atoms with Gasteiger partial charge in [0.25, 0.3) is 0 Å². The van der Waals surface area contributed by atoms with Gasteiger partial charge in [-0.15, -0.1) is 0 Å². The standard InChI is InChI=1S/C12H15N3O/c1-8-3-4-10(7-11(8)13)5-6-12-14-9(2)15-16-12/h3-4,7H,5-6,13H2,1-2H3. The Morgan fingerprint density at radius 2 is 2.06 bits per heavy atom. The molecule has 16 heavy (non-hydrogen) atoms. The fourth-order valence-corrected chi connectivity index (χ4v) is 1.54. The van der Waals surface area contributed by atoms with E-state index in [1.165, 1.54) is 5.56 Å². The summed E-state index contributed by atoms with van der Waals surface area (Å²) in [5.74, 6) is 1.36. The summed E-state index contributed by atoms with van der Waals surface area (Å²) in [6.45, 7) is 3.82. The summed E-state index contributed by atoms with van der Waals surface area (Å²) >= 11 is 0. The molecule has 0 atom stereocenters. The fourth-order valence-electron chi connectivity index (χ4n) is 1.54. The van der Waals surface area contributed by atoms with E-state index in [9.17, 15) is 0 Å². The van der Waals surface area contributed by atoms with Crippen LogP contribution < -0.4 is 5.73 Å². The van der Waals surface area contributed by atoms with Gasteiger partial charge in [-0.2, -0.15) is 4.98 Å². The van der Waals surface area contributed by atoms with Crippen molar-refractivity contribution in [1.29, 1.82) is 0 Å². The normalized spacial score (nSPS) is 10.6. The van der Waals surface area contributed by atoms with Crippen LogP contribution in [0.3, 0.4) is 0 Å². The second kappa shape index (κ2) is 4.35. The van der Waals surface area contributed by atoms with E-state index in [-0.39, 0.29) is 0 Å². The van der Waals surface area contributed by atoms with Crippen molar-refractivity contribution >= 4 is 5.69 Å². The molecule has 0 fully saturated rings. The SMILES string of the molecule is Cc1noc(CCc2ccc(C)c(N)c2)n1. The van der Waals surface area contributed by atoms with Crippen LogP contribution in [0.5, 0.6) is 0 Å². The Morgan fingerprint density at radius 3 is 2.69 bits per heavy atom. The van der Waals surface area contributed by atoms with Crippen LogP contribution in [0.15, 0.2) is 22.7 Å². The van der Waals surface area contributed by atoms with Gasteiger partial charge in [-0.25, -0.2) is 0 Å². The lowest BCUT2D eigenvalue weighted by atomic mass is 10.1. The van der Waals surface area contributed by atoms with Crippen LogP contribution >= 0.6 is 0 Å². The molecule has 0 amide bonds. The van der Waals surface area contributed by atoms with Crippen molar-refractivity contribution in [2.45, 2.75) is 26.7 Å². The maximum Gasteiger partial charge on any atom is 0.226 e. The van der Waals surface area contributed by atoms with E-state index in [1.807, 2.05) is 26.0 Å². The summed E-state index contributed by atoms with van der Waals surface area (Å²) in [4.78, 5) is 4.16. The van der Waals surface area contributed by atoms with Gasteiger partial charge >= 0.3 is 0 Å². The molecule has 4 nitrogen and oxygen atoms in total. The van der Waals surface area contributed by atoms with Gasteiger partial charge in [0.2, 0.25) is 5.89 Å². The summed E-state index contributed by atoms with van der Waals surface area (Å²) < 4.78 is 5.05. The third kappa shape index (κ3) is 2.39. The third-order valence-electron chi connectivity index (χ3n) is 2.54. The molecule has 0 aliphatic rings. The highest BCUT2D eigenvalue weighted by Crippen LogP contribution is 2.14. The van der Waals surface area contributed by atoms with Crippen molar-refractivity contribution in [3.05, 3.63) is 41.0 Å². The summed E-state index contributed by atoms with van der Waals surface area (Å²) in [5.41, 5.74) is 8.98. The molecule has 2 rings (SSSR count). The predicted molar refractivity (Wildman–Crippen MR) is 62.0 cm³/mol. The van der Waals surface area contributed by atoms with Crippen LogP contribution in [0.2, 0.25) is 0 Å². The molecule has 2 aromatic rings. The average Bonchev–Trinajstić information content (AvgIpc) is 2.66. The molecule has 0 saturated carbocycles. The van der Waals surface area contributed by atoms with Crippen molar-refractivity contribution in [2.24, 2.45) is 0 Å². The monoisotopic (exact) mass is 217 g/mol. The Morgan fingerprint density at radius 1 is 1.25 bits per heavy atom. The molecule has 0 radical (unpaired) electrons. The van der Waals surface area contributed by atoms with E-state index in [0.29, 0.717) is 11.7 Å². The number of benzene rings is 1. The lowest BCUT2D eigenvalue weighted by Gasteiger charge is -2.03. The molecule has 0 unspecified atom stereocenters. The molecular formula is C12H15N3O. The minimum Gasteiger partial charge on any atom is -0.399 e. The first kappa shape index (κ1) is 10.7. The highest BCUT2D eigenvalue weighted by Gasteiger charge is 2.03. The summed E-state index contributed by atoms with van der Waals surface area (Å²) in [7, 11) is 0.